The molecule has 20 heavy (non-hydrogen) atoms. The minimum Gasteiger partial charge on any atom is -0.623 e. The van der Waals surface area contributed by atoms with Gasteiger partial charge >= 0.3 is 7.60 Å². The van der Waals surface area contributed by atoms with E-state index in [1.165, 1.54) is 13.1 Å². The first-order valence-electron chi connectivity index (χ1n) is 6.27. The van der Waals surface area contributed by atoms with E-state index in [0.717, 1.165) is 0 Å². The summed E-state index contributed by atoms with van der Waals surface area (Å²) >= 11 is 0. The van der Waals surface area contributed by atoms with Gasteiger partial charge in [0, 0.05) is 20.1 Å². The summed E-state index contributed by atoms with van der Waals surface area (Å²) < 4.78 is 23.8. The second-order valence-electron chi connectivity index (χ2n) is 4.19. The molecule has 2 atom stereocenters. The number of hydrogen-bond donors (Lipinski definition) is 2. The first kappa shape index (κ1) is 19.1. The van der Waals surface area contributed by atoms with Gasteiger partial charge in [-0.1, -0.05) is 0 Å². The van der Waals surface area contributed by atoms with Gasteiger partial charge in [-0.15, -0.1) is 5.16 Å². The van der Waals surface area contributed by atoms with E-state index in [1.807, 2.05) is 0 Å². The highest BCUT2D eigenvalue weighted by Crippen LogP contribution is 2.64. The molecule has 0 bridgehead atoms. The molecule has 0 aliphatic carbocycles. The van der Waals surface area contributed by atoms with Crippen LogP contribution in [-0.4, -0.2) is 53.1 Å². The summed E-state index contributed by atoms with van der Waals surface area (Å²) in [7, 11) is -3.59. The van der Waals surface area contributed by atoms with Crippen molar-refractivity contribution in [3.8, 4) is 0 Å². The SMILES string of the molecule is C=NO.CCOP(=O)(OCC)C1(C)C(CO)CC=[N+]1[O-]. The Kier molecular flexibility index (Phi) is 7.96. The van der Waals surface area contributed by atoms with Crippen LogP contribution in [-0.2, 0) is 13.6 Å². The van der Waals surface area contributed by atoms with Crippen LogP contribution in [0, 0.1) is 11.1 Å². The van der Waals surface area contributed by atoms with Crippen molar-refractivity contribution < 1.29 is 28.7 Å². The predicted octanol–water partition coefficient (Wildman–Crippen LogP) is 1.64. The lowest BCUT2D eigenvalue weighted by molar-refractivity contribution is -0.515. The minimum absolute atomic E-state index is 0.193. The fraction of sp³-hybridized carbons (Fsp3) is 0.818. The van der Waals surface area contributed by atoms with E-state index in [1.54, 1.807) is 13.8 Å². The number of hydroxylamine groups is 1. The van der Waals surface area contributed by atoms with Crippen LogP contribution in [0.4, 0.5) is 0 Å². The Morgan fingerprint density at radius 2 is 2.00 bits per heavy atom. The molecular weight excluding hydrogens is 287 g/mol. The Labute approximate surface area is 118 Å². The Hall–Kier alpha value is -0.950. The Balaban J connectivity index is 0.00000110. The molecule has 0 fully saturated rings. The summed E-state index contributed by atoms with van der Waals surface area (Å²) in [5.74, 6) is -0.441. The Morgan fingerprint density at radius 3 is 2.35 bits per heavy atom. The normalized spacial score (nSPS) is 25.6. The van der Waals surface area contributed by atoms with Crippen molar-refractivity contribution in [2.45, 2.75) is 32.5 Å². The summed E-state index contributed by atoms with van der Waals surface area (Å²) in [6.07, 6.45) is 1.76. The number of oxime groups is 1. The van der Waals surface area contributed by atoms with Crippen LogP contribution in [0.2, 0.25) is 0 Å². The van der Waals surface area contributed by atoms with Gasteiger partial charge in [-0.05, 0) is 13.8 Å². The number of aliphatic hydroxyl groups is 1. The van der Waals surface area contributed by atoms with Crippen LogP contribution in [0.5, 0.6) is 0 Å². The maximum Gasteiger partial charge on any atom is 0.402 e. The van der Waals surface area contributed by atoms with Gasteiger partial charge in [0.1, 0.15) is 0 Å². The maximum absolute atomic E-state index is 12.7. The fourth-order valence-electron chi connectivity index (χ4n) is 2.04. The molecule has 2 unspecified atom stereocenters. The van der Waals surface area contributed by atoms with Crippen molar-refractivity contribution in [3.05, 3.63) is 5.21 Å². The molecule has 1 aliphatic heterocycles. The highest BCUT2D eigenvalue weighted by atomic mass is 31.2. The molecule has 118 valence electrons. The second kappa shape index (κ2) is 8.36. The van der Waals surface area contributed by atoms with Gasteiger partial charge in [0.2, 0.25) is 0 Å². The molecule has 0 amide bonds. The zero-order chi connectivity index (χ0) is 15.8. The third kappa shape index (κ3) is 3.58. The van der Waals surface area contributed by atoms with Crippen LogP contribution in [0.15, 0.2) is 5.16 Å². The van der Waals surface area contributed by atoms with E-state index in [0.29, 0.717) is 11.2 Å². The summed E-state index contributed by atoms with van der Waals surface area (Å²) in [4.78, 5) is 0. The van der Waals surface area contributed by atoms with Crippen molar-refractivity contribution in [1.29, 1.82) is 0 Å². The van der Waals surface area contributed by atoms with Crippen molar-refractivity contribution in [2.75, 3.05) is 19.8 Å². The van der Waals surface area contributed by atoms with Gasteiger partial charge in [0.05, 0.1) is 25.7 Å². The van der Waals surface area contributed by atoms with E-state index in [-0.39, 0.29) is 19.8 Å². The first-order valence-corrected chi connectivity index (χ1v) is 7.82. The van der Waals surface area contributed by atoms with E-state index in [9.17, 15) is 14.9 Å². The standard InChI is InChI=1S/C10H20NO5P.CH3NO/c1-4-15-17(14,16-5-2)10(3)9(8-12)6-7-11(10)13;1-2-3/h7,9,12H,4-6,8H2,1-3H3;3H,1H2. The molecule has 0 saturated heterocycles. The van der Waals surface area contributed by atoms with E-state index < -0.39 is 18.8 Å². The average molecular weight is 310 g/mol. The molecule has 0 radical (unpaired) electrons. The lowest BCUT2D eigenvalue weighted by Crippen LogP contribution is -2.41. The van der Waals surface area contributed by atoms with Gasteiger partial charge in [0.25, 0.3) is 5.28 Å². The third-order valence-electron chi connectivity index (χ3n) is 3.15. The molecule has 8 nitrogen and oxygen atoms in total. The second-order valence-corrected chi connectivity index (χ2v) is 6.61. The van der Waals surface area contributed by atoms with Crippen LogP contribution in [0.25, 0.3) is 0 Å². The summed E-state index contributed by atoms with van der Waals surface area (Å²) in [5, 5.41) is 29.2. The van der Waals surface area contributed by atoms with E-state index in [2.05, 4.69) is 11.9 Å². The zero-order valence-electron chi connectivity index (χ0n) is 12.1. The lowest BCUT2D eigenvalue weighted by Gasteiger charge is -2.34. The molecule has 0 saturated carbocycles. The summed E-state index contributed by atoms with van der Waals surface area (Å²) in [5.41, 5.74) is 0. The Bertz CT molecular complexity index is 379. The van der Waals surface area contributed by atoms with Gasteiger partial charge in [-0.2, -0.15) is 4.74 Å². The largest absolute Gasteiger partial charge is 0.623 e. The Morgan fingerprint density at radius 1 is 1.55 bits per heavy atom. The molecule has 1 aliphatic rings. The maximum atomic E-state index is 12.7. The molecule has 9 heteroatoms. The van der Waals surface area contributed by atoms with Crippen molar-refractivity contribution in [3.63, 3.8) is 0 Å². The molecule has 2 N–H and O–H groups in total. The number of rotatable bonds is 6. The molecular formula is C11H23N2O6P. The van der Waals surface area contributed by atoms with Gasteiger partial charge in [-0.25, -0.2) is 0 Å². The zero-order valence-corrected chi connectivity index (χ0v) is 13.0. The van der Waals surface area contributed by atoms with Crippen LogP contribution in [0.1, 0.15) is 27.2 Å². The molecule has 0 spiro atoms. The monoisotopic (exact) mass is 310 g/mol. The highest BCUT2D eigenvalue weighted by Gasteiger charge is 2.62. The number of nitrogens with zero attached hydrogens (tertiary/aromatic N) is 2. The molecule has 1 heterocycles. The fourth-order valence-corrected chi connectivity index (χ4v) is 4.28. The topological polar surface area (TPSA) is 114 Å². The minimum atomic E-state index is -3.59. The summed E-state index contributed by atoms with van der Waals surface area (Å²) in [6.45, 7) is 7.73. The average Bonchev–Trinajstić information content (AvgIpc) is 2.68. The van der Waals surface area contributed by atoms with E-state index in [4.69, 9.17) is 14.3 Å². The van der Waals surface area contributed by atoms with Crippen LogP contribution in [0.3, 0.4) is 0 Å². The quantitative estimate of drug-likeness (QED) is 0.192. The van der Waals surface area contributed by atoms with Gasteiger partial charge in [-0.3, -0.25) is 4.57 Å². The third-order valence-corrected chi connectivity index (χ3v) is 6.02. The van der Waals surface area contributed by atoms with Crippen molar-refractivity contribution in [2.24, 2.45) is 11.1 Å². The molecule has 1 rings (SSSR count). The molecule has 0 aromatic carbocycles. The van der Waals surface area contributed by atoms with Crippen LogP contribution < -0.4 is 0 Å². The van der Waals surface area contributed by atoms with Crippen LogP contribution >= 0.6 is 7.60 Å². The molecule has 0 aromatic heterocycles. The van der Waals surface area contributed by atoms with Crippen molar-refractivity contribution in [1.82, 2.24) is 0 Å². The van der Waals surface area contributed by atoms with Gasteiger partial charge in [0.15, 0.2) is 6.21 Å². The lowest BCUT2D eigenvalue weighted by atomic mass is 10.0. The smallest absolute Gasteiger partial charge is 0.402 e. The number of aliphatic hydroxyl groups excluding tert-OH is 1. The summed E-state index contributed by atoms with van der Waals surface area (Å²) in [6, 6.07) is 0. The highest BCUT2D eigenvalue weighted by molar-refractivity contribution is 7.55. The van der Waals surface area contributed by atoms with Gasteiger partial charge < -0.3 is 24.6 Å². The predicted molar refractivity (Wildman–Crippen MR) is 75.5 cm³/mol. The van der Waals surface area contributed by atoms with E-state index >= 15 is 0 Å². The van der Waals surface area contributed by atoms with Crippen molar-refractivity contribution >= 4 is 20.5 Å². The molecule has 0 aromatic rings. The first-order chi connectivity index (χ1) is 9.37. The number of hydrogen-bond acceptors (Lipinski definition) is 7.